The molecule has 0 atom stereocenters. The van der Waals surface area contributed by atoms with E-state index in [2.05, 4.69) is 20.3 Å². The molecule has 3 heterocycles. The van der Waals surface area contributed by atoms with E-state index >= 15 is 0 Å². The van der Waals surface area contributed by atoms with Crippen LogP contribution in [0.5, 0.6) is 5.75 Å². The van der Waals surface area contributed by atoms with Crippen molar-refractivity contribution in [3.05, 3.63) is 121 Å². The van der Waals surface area contributed by atoms with Crippen LogP contribution in [0, 0.1) is 0 Å². The Labute approximate surface area is 186 Å². The van der Waals surface area contributed by atoms with Crippen LogP contribution in [-0.2, 0) is 11.4 Å². The molecule has 0 bridgehead atoms. The molecule has 0 spiro atoms. The number of anilines is 1. The predicted molar refractivity (Wildman–Crippen MR) is 123 cm³/mol. The lowest BCUT2D eigenvalue weighted by atomic mass is 10.1. The maximum Gasteiger partial charge on any atom is 0.273 e. The van der Waals surface area contributed by atoms with Crippen molar-refractivity contribution in [3.8, 4) is 5.75 Å². The number of aromatic amines is 2. The van der Waals surface area contributed by atoms with Gasteiger partial charge in [-0.05, 0) is 29.8 Å². The van der Waals surface area contributed by atoms with Crippen LogP contribution in [0.1, 0.15) is 16.8 Å². The van der Waals surface area contributed by atoms with E-state index in [0.29, 0.717) is 29.3 Å². The lowest BCUT2D eigenvalue weighted by Gasteiger charge is -2.05. The third-order valence-corrected chi connectivity index (χ3v) is 5.18. The first-order chi connectivity index (χ1) is 16.1. The molecule has 1 aliphatic rings. The Bertz CT molecular complexity index is 1590. The van der Waals surface area contributed by atoms with E-state index in [9.17, 15) is 14.4 Å². The molecule has 0 saturated heterocycles. The summed E-state index contributed by atoms with van der Waals surface area (Å²) in [6, 6.07) is 20.1. The first-order valence-corrected chi connectivity index (χ1v) is 10.2. The molecule has 0 aliphatic carbocycles. The maximum absolute atomic E-state index is 12.7. The Balaban J connectivity index is 1.46. The zero-order valence-electron chi connectivity index (χ0n) is 17.3. The highest BCUT2D eigenvalue weighted by atomic mass is 16.5. The number of fused-ring (bicyclic) bond motifs is 1. The van der Waals surface area contributed by atoms with E-state index in [1.807, 2.05) is 30.3 Å². The van der Waals surface area contributed by atoms with Crippen molar-refractivity contribution in [1.82, 2.24) is 15.0 Å². The molecule has 0 fully saturated rings. The van der Waals surface area contributed by atoms with Crippen LogP contribution in [0.3, 0.4) is 0 Å². The van der Waals surface area contributed by atoms with Gasteiger partial charge in [0.15, 0.2) is 0 Å². The second kappa shape index (κ2) is 8.43. The van der Waals surface area contributed by atoms with Crippen LogP contribution in [-0.4, -0.2) is 20.9 Å². The topological polar surface area (TPSA) is 117 Å². The number of hydrogen-bond donors (Lipinski definition) is 3. The number of carbonyl (C=O) groups is 1. The van der Waals surface area contributed by atoms with Crippen molar-refractivity contribution in [1.29, 1.82) is 0 Å². The molecule has 0 unspecified atom stereocenters. The molecule has 162 valence electrons. The van der Waals surface area contributed by atoms with E-state index in [0.717, 1.165) is 5.56 Å². The Morgan fingerprint density at radius 2 is 1.64 bits per heavy atom. The predicted octanol–water partition coefficient (Wildman–Crippen LogP) is 1.02. The molecule has 0 saturated carbocycles. The summed E-state index contributed by atoms with van der Waals surface area (Å²) in [5, 5.41) is 2.64. The fourth-order valence-corrected chi connectivity index (χ4v) is 3.57. The van der Waals surface area contributed by atoms with Crippen molar-refractivity contribution >= 4 is 23.2 Å². The molecule has 5 rings (SSSR count). The monoisotopic (exact) mass is 438 g/mol. The molecule has 2 aromatic heterocycles. The van der Waals surface area contributed by atoms with Gasteiger partial charge in [0.1, 0.15) is 23.1 Å². The number of hydrogen-bond acceptors (Lipinski definition) is 5. The van der Waals surface area contributed by atoms with Crippen LogP contribution in [0.2, 0.25) is 0 Å². The quantitative estimate of drug-likeness (QED) is 0.440. The molecular formula is C25H18N4O4. The number of carbonyl (C=O) groups excluding carboxylic acids is 1. The fourth-order valence-electron chi connectivity index (χ4n) is 3.57. The Morgan fingerprint density at radius 1 is 0.848 bits per heavy atom. The standard InChI is InChI=1S/C25H18N4O4/c30-23-20(12-16-10-11-17(13-26-16)33-14-15-6-2-1-3-7-15)28-25(32)22(29-23)21-18-8-4-5-9-19(18)27-24(21)31/h1-13H,14H2,(H,27,31)(H,28,32)(H,29,30)/b20-12+,22-21-. The van der Waals surface area contributed by atoms with Crippen LogP contribution in [0.15, 0.2) is 82.5 Å². The summed E-state index contributed by atoms with van der Waals surface area (Å²) in [7, 11) is 0. The summed E-state index contributed by atoms with van der Waals surface area (Å²) in [6.07, 6.45) is 3.00. The molecule has 8 nitrogen and oxygen atoms in total. The summed E-state index contributed by atoms with van der Waals surface area (Å²) in [6.45, 7) is 0.412. The van der Waals surface area contributed by atoms with Gasteiger partial charge in [0.05, 0.1) is 17.5 Å². The third kappa shape index (κ3) is 4.09. The van der Waals surface area contributed by atoms with Gasteiger partial charge in [-0.15, -0.1) is 0 Å². The number of pyridine rings is 1. The van der Waals surface area contributed by atoms with Gasteiger partial charge in [-0.25, -0.2) is 0 Å². The van der Waals surface area contributed by atoms with E-state index < -0.39 is 17.0 Å². The third-order valence-electron chi connectivity index (χ3n) is 5.18. The van der Waals surface area contributed by atoms with Crippen molar-refractivity contribution in [3.63, 3.8) is 0 Å². The number of nitrogens with one attached hydrogen (secondary N) is 3. The van der Waals surface area contributed by atoms with Gasteiger partial charge in [-0.3, -0.25) is 19.4 Å². The van der Waals surface area contributed by atoms with E-state index in [1.54, 1.807) is 42.6 Å². The van der Waals surface area contributed by atoms with Crippen LogP contribution >= 0.6 is 0 Å². The SMILES string of the molecule is O=C1Nc2ccccc2/C1=c1/[nH]c(=O)/c(=C\c2ccc(OCc3ccccc3)cn2)[nH]c1=O. The zero-order chi connectivity index (χ0) is 22.8. The molecule has 8 heteroatoms. The summed E-state index contributed by atoms with van der Waals surface area (Å²) < 4.78 is 5.71. The zero-order valence-corrected chi connectivity index (χ0v) is 17.3. The van der Waals surface area contributed by atoms with Crippen LogP contribution in [0.4, 0.5) is 5.69 Å². The van der Waals surface area contributed by atoms with E-state index in [1.165, 1.54) is 6.08 Å². The van der Waals surface area contributed by atoms with E-state index in [4.69, 9.17) is 4.74 Å². The average Bonchev–Trinajstić information content (AvgIpc) is 3.17. The molecule has 1 amide bonds. The van der Waals surface area contributed by atoms with Crippen molar-refractivity contribution < 1.29 is 9.53 Å². The average molecular weight is 438 g/mol. The number of nitrogens with zero attached hydrogens (tertiary/aromatic N) is 1. The minimum Gasteiger partial charge on any atom is -0.487 e. The lowest BCUT2D eigenvalue weighted by molar-refractivity contribution is -0.110. The second-order valence-electron chi connectivity index (χ2n) is 7.41. The van der Waals surface area contributed by atoms with Crippen molar-refractivity contribution in [2.75, 3.05) is 5.32 Å². The number of H-pyrrole nitrogens is 2. The smallest absolute Gasteiger partial charge is 0.273 e. The number of ether oxygens (including phenoxy) is 1. The molecule has 33 heavy (non-hydrogen) atoms. The lowest BCUT2D eigenvalue weighted by Crippen LogP contribution is -2.48. The second-order valence-corrected chi connectivity index (χ2v) is 7.41. The van der Waals surface area contributed by atoms with E-state index in [-0.39, 0.29) is 16.3 Å². The van der Waals surface area contributed by atoms with Gasteiger partial charge in [0.25, 0.3) is 17.0 Å². The summed E-state index contributed by atoms with van der Waals surface area (Å²) in [4.78, 5) is 47.1. The number of rotatable bonds is 4. The Morgan fingerprint density at radius 3 is 2.42 bits per heavy atom. The largest absolute Gasteiger partial charge is 0.487 e. The summed E-state index contributed by atoms with van der Waals surface area (Å²) in [5.41, 5.74) is 1.67. The fraction of sp³-hybridized carbons (Fsp3) is 0.0400. The van der Waals surface area contributed by atoms with Gasteiger partial charge in [0.2, 0.25) is 0 Å². The van der Waals surface area contributed by atoms with Gasteiger partial charge in [-0.2, -0.15) is 0 Å². The molecule has 3 N–H and O–H groups in total. The first kappa shape index (κ1) is 20.2. The van der Waals surface area contributed by atoms with Gasteiger partial charge in [-0.1, -0.05) is 48.5 Å². The molecule has 4 aromatic rings. The highest BCUT2D eigenvalue weighted by molar-refractivity contribution is 6.31. The minimum atomic E-state index is -0.578. The Hall–Kier alpha value is -4.72. The molecule has 0 radical (unpaired) electrons. The summed E-state index contributed by atoms with van der Waals surface area (Å²) >= 11 is 0. The van der Waals surface area contributed by atoms with Crippen LogP contribution in [0.25, 0.3) is 11.6 Å². The molecular weight excluding hydrogens is 420 g/mol. The van der Waals surface area contributed by atoms with Gasteiger partial charge >= 0.3 is 0 Å². The maximum atomic E-state index is 12.7. The van der Waals surface area contributed by atoms with Gasteiger partial charge < -0.3 is 20.0 Å². The first-order valence-electron chi connectivity index (χ1n) is 10.2. The Kier molecular flexibility index (Phi) is 5.16. The van der Waals surface area contributed by atoms with Gasteiger partial charge in [0, 0.05) is 11.3 Å². The normalized spacial score (nSPS) is 14.7. The number of amides is 1. The highest BCUT2D eigenvalue weighted by Gasteiger charge is 2.25. The number of para-hydroxylation sites is 1. The molecule has 2 aromatic carbocycles. The minimum absolute atomic E-state index is 0.0292. The molecule has 1 aliphatic heterocycles. The van der Waals surface area contributed by atoms with Crippen LogP contribution < -0.4 is 31.9 Å². The highest BCUT2D eigenvalue weighted by Crippen LogP contribution is 2.28. The number of aromatic nitrogens is 3. The summed E-state index contributed by atoms with van der Waals surface area (Å²) in [5.74, 6) is 0.137. The van der Waals surface area contributed by atoms with Crippen molar-refractivity contribution in [2.24, 2.45) is 0 Å². The number of benzene rings is 2. The van der Waals surface area contributed by atoms with Crippen molar-refractivity contribution in [2.45, 2.75) is 6.61 Å².